The first-order valence-corrected chi connectivity index (χ1v) is 5.47. The van der Waals surface area contributed by atoms with Crippen molar-refractivity contribution < 1.29 is 9.36 Å². The number of benzene rings is 1. The summed E-state index contributed by atoms with van der Waals surface area (Å²) in [6.45, 7) is 0. The lowest BCUT2D eigenvalue weighted by molar-refractivity contribution is -0.673. The van der Waals surface area contributed by atoms with Gasteiger partial charge >= 0.3 is 0 Å². The zero-order valence-corrected chi connectivity index (χ0v) is 10.9. The first kappa shape index (κ1) is 14.1. The third-order valence-corrected chi connectivity index (χ3v) is 2.61. The summed E-state index contributed by atoms with van der Waals surface area (Å²) in [7, 11) is 2.01. The molecule has 2 aromatic rings. The first-order chi connectivity index (χ1) is 8.29. The topological polar surface area (TPSA) is 20.9 Å². The molecule has 0 N–H and O–H groups in total. The first-order valence-electron chi connectivity index (χ1n) is 5.47. The summed E-state index contributed by atoms with van der Waals surface area (Å²) in [5.41, 5.74) is 2.92. The summed E-state index contributed by atoms with van der Waals surface area (Å²) in [6, 6.07) is 13.6. The Bertz CT molecular complexity index is 547. The van der Waals surface area contributed by atoms with Crippen LogP contribution in [0.3, 0.4) is 0 Å². The van der Waals surface area contributed by atoms with Crippen LogP contribution in [0.15, 0.2) is 48.7 Å². The molecule has 0 amide bonds. The summed E-state index contributed by atoms with van der Waals surface area (Å²) >= 11 is 0. The van der Waals surface area contributed by atoms with E-state index in [4.69, 9.17) is 0 Å². The van der Waals surface area contributed by atoms with Crippen molar-refractivity contribution in [1.29, 1.82) is 0 Å². The summed E-state index contributed by atoms with van der Waals surface area (Å²) in [5.74, 6) is 0. The summed E-state index contributed by atoms with van der Waals surface area (Å²) in [4.78, 5) is 10.5. The maximum absolute atomic E-state index is 10.5. The summed E-state index contributed by atoms with van der Waals surface area (Å²) in [6.07, 6.45) is 6.94. The van der Waals surface area contributed by atoms with Crippen molar-refractivity contribution in [2.24, 2.45) is 7.05 Å². The fraction of sp³-hybridized carbons (Fsp3) is 0.0667. The van der Waals surface area contributed by atoms with Crippen molar-refractivity contribution in [2.75, 3.05) is 0 Å². The van der Waals surface area contributed by atoms with Gasteiger partial charge in [0, 0.05) is 23.8 Å². The van der Waals surface area contributed by atoms with Gasteiger partial charge in [-0.15, -0.1) is 12.4 Å². The summed E-state index contributed by atoms with van der Waals surface area (Å²) in [5, 5.41) is 0. The average molecular weight is 261 g/mol. The highest BCUT2D eigenvalue weighted by Gasteiger charge is 1.98. The van der Waals surface area contributed by atoms with Crippen LogP contribution in [0.4, 0.5) is 0 Å². The molecule has 18 heavy (non-hydrogen) atoms. The quantitative estimate of drug-likeness (QED) is 0.614. The number of rotatable bonds is 3. The van der Waals surface area contributed by atoms with E-state index in [9.17, 15) is 4.79 Å². The van der Waals surface area contributed by atoms with Crippen LogP contribution in [0.2, 0.25) is 0 Å². The van der Waals surface area contributed by atoms with Crippen LogP contribution >= 0.6 is 12.4 Å². The van der Waals surface area contributed by atoms with Gasteiger partial charge in [-0.2, -0.15) is 0 Å². The van der Waals surface area contributed by atoms with E-state index >= 15 is 0 Å². The van der Waals surface area contributed by atoms with Gasteiger partial charge in [0.2, 0.25) is 5.69 Å². The SMILES string of the molecule is C[n+]1ccccc1/C=C/c1ccc(C=O)cc1.Cl. The van der Waals surface area contributed by atoms with Crippen molar-refractivity contribution in [3.05, 3.63) is 65.5 Å². The molecule has 0 saturated heterocycles. The van der Waals surface area contributed by atoms with Gasteiger partial charge in [-0.05, 0) is 17.7 Å². The van der Waals surface area contributed by atoms with Crippen molar-refractivity contribution in [2.45, 2.75) is 0 Å². The zero-order valence-electron chi connectivity index (χ0n) is 10.1. The minimum atomic E-state index is 0. The molecule has 0 aliphatic rings. The fourth-order valence-electron chi connectivity index (χ4n) is 1.58. The molecule has 0 unspecified atom stereocenters. The molecule has 3 heteroatoms. The minimum absolute atomic E-state index is 0. The van der Waals surface area contributed by atoms with Crippen LogP contribution in [-0.2, 0) is 7.05 Å². The van der Waals surface area contributed by atoms with Crippen molar-refractivity contribution in [1.82, 2.24) is 0 Å². The molecule has 0 radical (unpaired) electrons. The van der Waals surface area contributed by atoms with Gasteiger partial charge in [0.1, 0.15) is 13.3 Å². The van der Waals surface area contributed by atoms with E-state index in [-0.39, 0.29) is 12.4 Å². The van der Waals surface area contributed by atoms with E-state index < -0.39 is 0 Å². The molecule has 1 heterocycles. The number of halogens is 1. The third kappa shape index (κ3) is 3.54. The molecule has 1 aromatic heterocycles. The van der Waals surface area contributed by atoms with Crippen LogP contribution in [0.1, 0.15) is 21.6 Å². The second-order valence-electron chi connectivity index (χ2n) is 3.85. The van der Waals surface area contributed by atoms with Crippen LogP contribution in [-0.4, -0.2) is 6.29 Å². The van der Waals surface area contributed by atoms with Crippen LogP contribution < -0.4 is 4.57 Å². The highest BCUT2D eigenvalue weighted by Crippen LogP contribution is 2.06. The number of aryl methyl sites for hydroxylation is 1. The molecule has 1 aromatic carbocycles. The molecule has 0 aliphatic heterocycles. The Kier molecular flexibility index (Phi) is 5.28. The van der Waals surface area contributed by atoms with Gasteiger partial charge in [0.05, 0.1) is 0 Å². The van der Waals surface area contributed by atoms with E-state index in [0.29, 0.717) is 5.56 Å². The second-order valence-corrected chi connectivity index (χ2v) is 3.85. The Morgan fingerprint density at radius 1 is 0.944 bits per heavy atom. The van der Waals surface area contributed by atoms with E-state index in [1.165, 1.54) is 0 Å². The Hall–Kier alpha value is -1.93. The predicted molar refractivity (Wildman–Crippen MR) is 75.6 cm³/mol. The van der Waals surface area contributed by atoms with Crippen LogP contribution in [0.25, 0.3) is 12.2 Å². The molecule has 0 spiro atoms. The third-order valence-electron chi connectivity index (χ3n) is 2.61. The highest BCUT2D eigenvalue weighted by atomic mass is 35.5. The number of pyridine rings is 1. The molecular formula is C15H15ClNO+. The van der Waals surface area contributed by atoms with E-state index in [1.807, 2.05) is 55.7 Å². The maximum Gasteiger partial charge on any atom is 0.204 e. The van der Waals surface area contributed by atoms with Gasteiger partial charge in [-0.1, -0.05) is 24.3 Å². The lowest BCUT2D eigenvalue weighted by Crippen LogP contribution is -2.30. The standard InChI is InChI=1S/C15H14NO.ClH/c1-16-11-3-2-4-15(16)10-9-13-5-7-14(12-17)8-6-13;/h2-12H,1H3;1H/q+1;/b10-9+;. The van der Waals surface area contributed by atoms with E-state index in [0.717, 1.165) is 17.5 Å². The molecule has 0 aliphatic carbocycles. The molecule has 0 saturated carbocycles. The highest BCUT2D eigenvalue weighted by molar-refractivity contribution is 5.85. The van der Waals surface area contributed by atoms with Crippen molar-refractivity contribution in [3.63, 3.8) is 0 Å². The number of aromatic nitrogens is 1. The Balaban J connectivity index is 0.00000162. The van der Waals surface area contributed by atoms with Gasteiger partial charge < -0.3 is 0 Å². The van der Waals surface area contributed by atoms with Gasteiger partial charge in [0.25, 0.3) is 0 Å². The molecule has 0 atom stereocenters. The Morgan fingerprint density at radius 2 is 1.61 bits per heavy atom. The van der Waals surface area contributed by atoms with E-state index in [2.05, 4.69) is 16.7 Å². The number of nitrogens with zero attached hydrogens (tertiary/aromatic N) is 1. The van der Waals surface area contributed by atoms with Gasteiger partial charge in [0.15, 0.2) is 6.20 Å². The van der Waals surface area contributed by atoms with E-state index in [1.54, 1.807) is 0 Å². The number of hydrogen-bond acceptors (Lipinski definition) is 1. The Morgan fingerprint density at radius 3 is 2.22 bits per heavy atom. The van der Waals surface area contributed by atoms with Crippen LogP contribution in [0.5, 0.6) is 0 Å². The predicted octanol–water partition coefficient (Wildman–Crippen LogP) is 2.92. The number of hydrogen-bond donors (Lipinski definition) is 0. The van der Waals surface area contributed by atoms with Gasteiger partial charge in [-0.3, -0.25) is 4.79 Å². The zero-order chi connectivity index (χ0) is 12.1. The largest absolute Gasteiger partial charge is 0.298 e. The minimum Gasteiger partial charge on any atom is -0.298 e. The maximum atomic E-state index is 10.5. The summed E-state index contributed by atoms with van der Waals surface area (Å²) < 4.78 is 2.05. The molecule has 2 rings (SSSR count). The fourth-order valence-corrected chi connectivity index (χ4v) is 1.58. The molecule has 0 bridgehead atoms. The van der Waals surface area contributed by atoms with Crippen molar-refractivity contribution in [3.8, 4) is 0 Å². The molecule has 2 nitrogen and oxygen atoms in total. The molecule has 0 fully saturated rings. The second kappa shape index (κ2) is 6.72. The Labute approximate surface area is 113 Å². The number of aldehydes is 1. The smallest absolute Gasteiger partial charge is 0.204 e. The van der Waals surface area contributed by atoms with Gasteiger partial charge in [-0.25, -0.2) is 4.57 Å². The number of carbonyl (C=O) groups is 1. The normalized spacial score (nSPS) is 10.1. The number of carbonyl (C=O) groups excluding carboxylic acids is 1. The average Bonchev–Trinajstić information content (AvgIpc) is 2.38. The molecule has 92 valence electrons. The lowest BCUT2D eigenvalue weighted by Gasteiger charge is -1.94. The van der Waals surface area contributed by atoms with Crippen molar-refractivity contribution >= 4 is 30.8 Å². The van der Waals surface area contributed by atoms with Crippen LogP contribution in [0, 0.1) is 0 Å². The molecular weight excluding hydrogens is 246 g/mol. The monoisotopic (exact) mass is 260 g/mol. The lowest BCUT2D eigenvalue weighted by atomic mass is 10.1.